The summed E-state index contributed by atoms with van der Waals surface area (Å²) in [4.78, 5) is 26.3. The number of hydrogen-bond acceptors (Lipinski definition) is 5. The maximum atomic E-state index is 15.3. The van der Waals surface area contributed by atoms with Crippen LogP contribution in [0.5, 0.6) is 5.75 Å². The van der Waals surface area contributed by atoms with Crippen molar-refractivity contribution in [2.45, 2.75) is 38.8 Å². The summed E-state index contributed by atoms with van der Waals surface area (Å²) in [5, 5.41) is 13.0. The number of nitrogens with zero attached hydrogens (tertiary/aromatic N) is 2. The molecule has 0 radical (unpaired) electrons. The Morgan fingerprint density at radius 3 is 2.80 bits per heavy atom. The van der Waals surface area contributed by atoms with Crippen molar-refractivity contribution in [3.63, 3.8) is 0 Å². The number of pyridine rings is 1. The Kier molecular flexibility index (Phi) is 4.50. The summed E-state index contributed by atoms with van der Waals surface area (Å²) >= 11 is 0. The van der Waals surface area contributed by atoms with Gasteiger partial charge in [0.15, 0.2) is 11.6 Å². The van der Waals surface area contributed by atoms with Crippen LogP contribution in [-0.4, -0.2) is 47.9 Å². The van der Waals surface area contributed by atoms with Gasteiger partial charge in [-0.05, 0) is 37.7 Å². The highest BCUT2D eigenvalue weighted by molar-refractivity contribution is 5.97. The zero-order valence-corrected chi connectivity index (χ0v) is 17.2. The molecule has 1 aromatic heterocycles. The third-order valence-electron chi connectivity index (χ3n) is 6.70. The molecule has 5 rings (SSSR count). The molecule has 2 aromatic rings. The smallest absolute Gasteiger partial charge is 0.341 e. The van der Waals surface area contributed by atoms with E-state index in [4.69, 9.17) is 4.74 Å². The summed E-state index contributed by atoms with van der Waals surface area (Å²) in [6.45, 7) is 6.70. The van der Waals surface area contributed by atoms with Crippen LogP contribution >= 0.6 is 0 Å². The molecule has 3 atom stereocenters. The molecule has 1 saturated heterocycles. The fraction of sp³-hybridized carbons (Fsp3) is 0.545. The third-order valence-corrected chi connectivity index (χ3v) is 6.70. The maximum Gasteiger partial charge on any atom is 0.341 e. The molecule has 3 heterocycles. The Balaban J connectivity index is 1.60. The van der Waals surface area contributed by atoms with Crippen molar-refractivity contribution in [2.75, 3.05) is 31.1 Å². The number of hydrogen-bond donors (Lipinski definition) is 2. The van der Waals surface area contributed by atoms with Gasteiger partial charge in [0.25, 0.3) is 0 Å². The molecule has 1 aliphatic carbocycles. The van der Waals surface area contributed by atoms with E-state index in [2.05, 4.69) is 12.2 Å². The van der Waals surface area contributed by atoms with Gasteiger partial charge in [-0.2, -0.15) is 0 Å². The van der Waals surface area contributed by atoms with Gasteiger partial charge in [-0.3, -0.25) is 4.79 Å². The Morgan fingerprint density at radius 1 is 1.33 bits per heavy atom. The minimum Gasteiger partial charge on any atom is -0.487 e. The number of carboxylic acid groups (broad SMARTS) is 1. The van der Waals surface area contributed by atoms with Gasteiger partial charge in [0.2, 0.25) is 5.43 Å². The van der Waals surface area contributed by atoms with Crippen LogP contribution in [0, 0.1) is 17.7 Å². The van der Waals surface area contributed by atoms with Gasteiger partial charge in [0.1, 0.15) is 17.9 Å². The van der Waals surface area contributed by atoms with Crippen molar-refractivity contribution < 1.29 is 19.0 Å². The van der Waals surface area contributed by atoms with E-state index in [0.717, 1.165) is 6.54 Å². The lowest BCUT2D eigenvalue weighted by atomic mass is 9.98. The van der Waals surface area contributed by atoms with Crippen LogP contribution in [0.1, 0.15) is 43.1 Å². The number of benzene rings is 1. The highest BCUT2D eigenvalue weighted by Gasteiger charge is 2.36. The molecule has 1 unspecified atom stereocenters. The SMILES string of the molecule is CC1COc2c(N3C[C@H](CNC4CC4)[C@@H](C)C3)c(F)cc3c(=O)c(C(=O)O)cn1c23. The van der Waals surface area contributed by atoms with E-state index < -0.39 is 17.2 Å². The van der Waals surface area contributed by atoms with Crippen LogP contribution in [0.3, 0.4) is 0 Å². The highest BCUT2D eigenvalue weighted by atomic mass is 19.1. The molecule has 0 spiro atoms. The number of aromatic nitrogens is 1. The molecular weight excluding hydrogens is 389 g/mol. The van der Waals surface area contributed by atoms with Gasteiger partial charge in [-0.15, -0.1) is 0 Å². The van der Waals surface area contributed by atoms with Crippen molar-refractivity contribution >= 4 is 22.6 Å². The number of aromatic carboxylic acids is 1. The first-order valence-electron chi connectivity index (χ1n) is 10.6. The topological polar surface area (TPSA) is 83.8 Å². The predicted molar refractivity (Wildman–Crippen MR) is 111 cm³/mol. The van der Waals surface area contributed by atoms with E-state index >= 15 is 4.39 Å². The molecule has 1 aromatic carbocycles. The van der Waals surface area contributed by atoms with Crippen LogP contribution in [0.2, 0.25) is 0 Å². The molecule has 2 fully saturated rings. The molecule has 8 heteroatoms. The molecule has 1 saturated carbocycles. The standard InChI is InChI=1S/C22H26FN3O4/c1-11-7-25(8-13(11)6-24-14-3-4-14)19-17(23)5-15-18-21(19)30-10-12(2)26(18)9-16(20(15)27)22(28)29/h5,9,11-14,24H,3-4,6-8,10H2,1-2H3,(H,28,29)/t11-,12?,13-/m0/s1. The minimum atomic E-state index is -1.31. The Hall–Kier alpha value is -2.61. The van der Waals surface area contributed by atoms with E-state index in [1.807, 2.05) is 11.8 Å². The molecule has 2 aliphatic heterocycles. The summed E-state index contributed by atoms with van der Waals surface area (Å²) < 4.78 is 23.0. The lowest BCUT2D eigenvalue weighted by molar-refractivity contribution is 0.0694. The molecule has 2 N–H and O–H groups in total. The fourth-order valence-electron chi connectivity index (χ4n) is 4.75. The number of anilines is 1. The van der Waals surface area contributed by atoms with Crippen LogP contribution in [0.15, 0.2) is 17.1 Å². The number of ether oxygens (including phenoxy) is 1. The van der Waals surface area contributed by atoms with Crippen molar-refractivity contribution in [2.24, 2.45) is 11.8 Å². The molecular formula is C22H26FN3O4. The summed E-state index contributed by atoms with van der Waals surface area (Å²) in [5.41, 5.74) is -0.173. The summed E-state index contributed by atoms with van der Waals surface area (Å²) in [6, 6.07) is 1.65. The van der Waals surface area contributed by atoms with Crippen molar-refractivity contribution in [3.05, 3.63) is 33.9 Å². The van der Waals surface area contributed by atoms with Gasteiger partial charge >= 0.3 is 5.97 Å². The predicted octanol–water partition coefficient (Wildman–Crippen LogP) is 2.62. The number of carboxylic acids is 1. The lowest BCUT2D eigenvalue weighted by Crippen LogP contribution is -2.30. The van der Waals surface area contributed by atoms with Crippen LogP contribution in [-0.2, 0) is 0 Å². The summed E-state index contributed by atoms with van der Waals surface area (Å²) in [5.74, 6) is -0.694. The van der Waals surface area contributed by atoms with Gasteiger partial charge in [0, 0.05) is 31.9 Å². The number of halogens is 1. The second-order valence-corrected chi connectivity index (χ2v) is 9.00. The summed E-state index contributed by atoms with van der Waals surface area (Å²) in [6.07, 6.45) is 3.83. The monoisotopic (exact) mass is 415 g/mol. The molecule has 3 aliphatic rings. The van der Waals surface area contributed by atoms with Crippen molar-refractivity contribution in [1.29, 1.82) is 0 Å². The van der Waals surface area contributed by atoms with Crippen LogP contribution < -0.4 is 20.4 Å². The lowest BCUT2D eigenvalue weighted by Gasteiger charge is -2.31. The van der Waals surface area contributed by atoms with Gasteiger partial charge in [-0.25, -0.2) is 9.18 Å². The van der Waals surface area contributed by atoms with Crippen molar-refractivity contribution in [3.8, 4) is 5.75 Å². The van der Waals surface area contributed by atoms with E-state index in [-0.39, 0.29) is 23.6 Å². The number of nitrogens with one attached hydrogen (secondary N) is 1. The quantitative estimate of drug-likeness (QED) is 0.781. The molecule has 30 heavy (non-hydrogen) atoms. The molecule has 160 valence electrons. The van der Waals surface area contributed by atoms with Gasteiger partial charge < -0.3 is 24.6 Å². The Morgan fingerprint density at radius 2 is 2.10 bits per heavy atom. The van der Waals surface area contributed by atoms with Gasteiger partial charge in [-0.1, -0.05) is 6.92 Å². The number of rotatable bonds is 5. The summed E-state index contributed by atoms with van der Waals surface area (Å²) in [7, 11) is 0. The second kappa shape index (κ2) is 6.97. The zero-order valence-electron chi connectivity index (χ0n) is 17.2. The first-order valence-corrected chi connectivity index (χ1v) is 10.6. The third kappa shape index (κ3) is 3.05. The molecule has 7 nitrogen and oxygen atoms in total. The minimum absolute atomic E-state index is 0.0527. The Labute approximate surface area is 173 Å². The van der Waals surface area contributed by atoms with Gasteiger partial charge in [0.05, 0.1) is 16.9 Å². The number of carbonyl (C=O) groups is 1. The van der Waals surface area contributed by atoms with Crippen LogP contribution in [0.4, 0.5) is 10.1 Å². The normalized spacial score (nSPS) is 25.6. The van der Waals surface area contributed by atoms with E-state index in [9.17, 15) is 14.7 Å². The van der Waals surface area contributed by atoms with E-state index in [1.165, 1.54) is 25.1 Å². The maximum absolute atomic E-state index is 15.3. The van der Waals surface area contributed by atoms with E-state index in [1.54, 1.807) is 4.57 Å². The fourth-order valence-corrected chi connectivity index (χ4v) is 4.75. The average molecular weight is 415 g/mol. The molecule has 0 bridgehead atoms. The first kappa shape index (κ1) is 19.4. The first-order chi connectivity index (χ1) is 14.3. The second-order valence-electron chi connectivity index (χ2n) is 9.00. The van der Waals surface area contributed by atoms with Crippen molar-refractivity contribution in [1.82, 2.24) is 9.88 Å². The zero-order chi connectivity index (χ0) is 21.2. The molecule has 0 amide bonds. The van der Waals surface area contributed by atoms with E-state index in [0.29, 0.717) is 47.9 Å². The average Bonchev–Trinajstić information content (AvgIpc) is 3.46. The largest absolute Gasteiger partial charge is 0.487 e. The van der Waals surface area contributed by atoms with Crippen LogP contribution in [0.25, 0.3) is 10.9 Å². The Bertz CT molecular complexity index is 1090. The highest BCUT2D eigenvalue weighted by Crippen LogP contribution is 2.44.